The first-order valence-corrected chi connectivity index (χ1v) is 8.00. The van der Waals surface area contributed by atoms with E-state index >= 15 is 0 Å². The Morgan fingerprint density at radius 3 is 2.21 bits per heavy atom. The van der Waals surface area contributed by atoms with E-state index in [0.717, 1.165) is 24.2 Å². The Labute approximate surface area is 122 Å². The maximum absolute atomic E-state index is 4.03. The maximum atomic E-state index is 4.03. The second kappa shape index (κ2) is 8.61. The molecule has 0 aromatic rings. The highest BCUT2D eigenvalue weighted by Crippen LogP contribution is 2.33. The molecule has 3 atom stereocenters. The minimum absolute atomic E-state index is 0.335. The van der Waals surface area contributed by atoms with Gasteiger partial charge in [0.2, 0.25) is 0 Å². The zero-order chi connectivity index (χ0) is 15.1. The molecule has 0 N–H and O–H groups in total. The lowest BCUT2D eigenvalue weighted by atomic mass is 9.76. The molecular formula is C19H36. The van der Waals surface area contributed by atoms with Gasteiger partial charge in [-0.15, -0.1) is 6.58 Å². The normalized spacial score (nSPS) is 17.4. The third-order valence-electron chi connectivity index (χ3n) is 4.10. The van der Waals surface area contributed by atoms with Gasteiger partial charge in [0.05, 0.1) is 0 Å². The lowest BCUT2D eigenvalue weighted by Crippen LogP contribution is -2.19. The Bertz CT molecular complexity index is 282. The summed E-state index contributed by atoms with van der Waals surface area (Å²) in [4.78, 5) is 0. The molecule has 0 heteroatoms. The molecule has 0 aliphatic carbocycles. The minimum Gasteiger partial charge on any atom is -0.100 e. The minimum atomic E-state index is 0.335. The summed E-state index contributed by atoms with van der Waals surface area (Å²) >= 11 is 0. The van der Waals surface area contributed by atoms with Gasteiger partial charge in [-0.2, -0.15) is 0 Å². The van der Waals surface area contributed by atoms with Gasteiger partial charge in [0.1, 0.15) is 0 Å². The first kappa shape index (κ1) is 18.5. The summed E-state index contributed by atoms with van der Waals surface area (Å²) in [6, 6.07) is 0. The molecule has 0 amide bonds. The van der Waals surface area contributed by atoms with Gasteiger partial charge in [-0.3, -0.25) is 0 Å². The van der Waals surface area contributed by atoms with Crippen LogP contribution in [0, 0.1) is 23.2 Å². The molecule has 0 nitrogen and oxygen atoms in total. The van der Waals surface area contributed by atoms with Crippen LogP contribution in [0.2, 0.25) is 0 Å². The first-order valence-electron chi connectivity index (χ1n) is 8.00. The van der Waals surface area contributed by atoms with E-state index in [1.165, 1.54) is 24.8 Å². The van der Waals surface area contributed by atoms with E-state index in [9.17, 15) is 0 Å². The molecule has 0 aromatic carbocycles. The van der Waals surface area contributed by atoms with Gasteiger partial charge in [0.25, 0.3) is 0 Å². The van der Waals surface area contributed by atoms with Crippen molar-refractivity contribution in [2.24, 2.45) is 23.2 Å². The summed E-state index contributed by atoms with van der Waals surface area (Å²) in [7, 11) is 0. The molecule has 112 valence electrons. The molecule has 0 spiro atoms. The van der Waals surface area contributed by atoms with Crippen molar-refractivity contribution in [3.8, 4) is 0 Å². The highest BCUT2D eigenvalue weighted by atomic mass is 14.3. The highest BCUT2D eigenvalue weighted by Gasteiger charge is 2.22. The molecular weight excluding hydrogens is 228 g/mol. The Kier molecular flexibility index (Phi) is 8.38. The third kappa shape index (κ3) is 9.08. The van der Waals surface area contributed by atoms with Crippen LogP contribution < -0.4 is 0 Å². The zero-order valence-electron chi connectivity index (χ0n) is 14.4. The summed E-state index contributed by atoms with van der Waals surface area (Å²) in [5, 5.41) is 0. The largest absolute Gasteiger partial charge is 0.100 e. The number of rotatable bonds is 9. The average Bonchev–Trinajstić information content (AvgIpc) is 2.24. The Morgan fingerprint density at radius 2 is 1.74 bits per heavy atom. The van der Waals surface area contributed by atoms with E-state index in [-0.39, 0.29) is 0 Å². The fraction of sp³-hybridized carbons (Fsp3) is 0.789. The average molecular weight is 264 g/mol. The molecule has 0 aromatic heterocycles. The van der Waals surface area contributed by atoms with Crippen LogP contribution in [-0.4, -0.2) is 0 Å². The fourth-order valence-corrected chi connectivity index (χ4v) is 3.08. The van der Waals surface area contributed by atoms with Crippen LogP contribution >= 0.6 is 0 Å². The third-order valence-corrected chi connectivity index (χ3v) is 4.10. The molecule has 0 saturated heterocycles. The molecule has 0 heterocycles. The molecule has 0 saturated carbocycles. The van der Waals surface area contributed by atoms with Gasteiger partial charge in [-0.05, 0) is 55.8 Å². The predicted octanol–water partition coefficient (Wildman–Crippen LogP) is 6.63. The predicted molar refractivity (Wildman–Crippen MR) is 89.4 cm³/mol. The summed E-state index contributed by atoms with van der Waals surface area (Å²) in [6.07, 6.45) is 9.62. The monoisotopic (exact) mass is 264 g/mol. The van der Waals surface area contributed by atoms with Gasteiger partial charge >= 0.3 is 0 Å². The van der Waals surface area contributed by atoms with Crippen LogP contribution in [0.15, 0.2) is 24.3 Å². The van der Waals surface area contributed by atoms with Crippen molar-refractivity contribution < 1.29 is 0 Å². The van der Waals surface area contributed by atoms with Gasteiger partial charge in [0, 0.05) is 0 Å². The zero-order valence-corrected chi connectivity index (χ0v) is 14.4. The van der Waals surface area contributed by atoms with Gasteiger partial charge in [0.15, 0.2) is 0 Å². The van der Waals surface area contributed by atoms with E-state index in [4.69, 9.17) is 0 Å². The van der Waals surface area contributed by atoms with Crippen molar-refractivity contribution in [1.29, 1.82) is 0 Å². The SMILES string of the molecule is C=C(C)CC(C)CC(C)C(C)CC(C)(C)C=CCC. The van der Waals surface area contributed by atoms with Gasteiger partial charge < -0.3 is 0 Å². The van der Waals surface area contributed by atoms with Crippen LogP contribution in [-0.2, 0) is 0 Å². The number of allylic oxidation sites excluding steroid dienone is 3. The Hall–Kier alpha value is -0.520. The molecule has 0 bridgehead atoms. The van der Waals surface area contributed by atoms with Crippen molar-refractivity contribution in [3.63, 3.8) is 0 Å². The smallest absolute Gasteiger partial charge is 0.0172 e. The topological polar surface area (TPSA) is 0 Å². The molecule has 19 heavy (non-hydrogen) atoms. The van der Waals surface area contributed by atoms with Gasteiger partial charge in [-0.25, -0.2) is 0 Å². The lowest BCUT2D eigenvalue weighted by molar-refractivity contribution is 0.242. The van der Waals surface area contributed by atoms with Gasteiger partial charge in [-0.1, -0.05) is 59.3 Å². The lowest BCUT2D eigenvalue weighted by Gasteiger charge is -2.30. The molecule has 3 unspecified atom stereocenters. The van der Waals surface area contributed by atoms with E-state index in [1.54, 1.807) is 0 Å². The number of hydrogen-bond acceptors (Lipinski definition) is 0. The van der Waals surface area contributed by atoms with Crippen LogP contribution in [0.5, 0.6) is 0 Å². The van der Waals surface area contributed by atoms with Crippen molar-refractivity contribution >= 4 is 0 Å². The van der Waals surface area contributed by atoms with Crippen molar-refractivity contribution in [2.45, 2.75) is 74.1 Å². The Balaban J connectivity index is 4.29. The standard InChI is InChI=1S/C19H36/c1-9-10-11-19(7,8)14-18(6)17(5)13-16(4)12-15(2)3/h10-11,16-18H,2,9,12-14H2,1,3-8H3. The maximum Gasteiger partial charge on any atom is -0.0172 e. The fourth-order valence-electron chi connectivity index (χ4n) is 3.08. The first-order chi connectivity index (χ1) is 8.68. The summed E-state index contributed by atoms with van der Waals surface area (Å²) in [6.45, 7) is 20.3. The summed E-state index contributed by atoms with van der Waals surface area (Å²) in [5.41, 5.74) is 1.65. The summed E-state index contributed by atoms with van der Waals surface area (Å²) < 4.78 is 0. The highest BCUT2D eigenvalue weighted by molar-refractivity contribution is 4.95. The van der Waals surface area contributed by atoms with Crippen molar-refractivity contribution in [3.05, 3.63) is 24.3 Å². The summed E-state index contributed by atoms with van der Waals surface area (Å²) in [5.74, 6) is 2.34. The van der Waals surface area contributed by atoms with Crippen molar-refractivity contribution in [2.75, 3.05) is 0 Å². The van der Waals surface area contributed by atoms with E-state index in [2.05, 4.69) is 67.2 Å². The quantitative estimate of drug-likeness (QED) is 0.410. The van der Waals surface area contributed by atoms with Crippen LogP contribution in [0.4, 0.5) is 0 Å². The molecule has 0 aliphatic rings. The Morgan fingerprint density at radius 1 is 1.16 bits per heavy atom. The van der Waals surface area contributed by atoms with Crippen LogP contribution in [0.3, 0.4) is 0 Å². The van der Waals surface area contributed by atoms with E-state index in [0.29, 0.717) is 5.41 Å². The van der Waals surface area contributed by atoms with Crippen molar-refractivity contribution in [1.82, 2.24) is 0 Å². The molecule has 0 aliphatic heterocycles. The molecule has 0 radical (unpaired) electrons. The molecule has 0 fully saturated rings. The number of hydrogen-bond donors (Lipinski definition) is 0. The van der Waals surface area contributed by atoms with E-state index < -0.39 is 0 Å². The second-order valence-electron chi connectivity index (χ2n) is 7.46. The van der Waals surface area contributed by atoms with Crippen LogP contribution in [0.25, 0.3) is 0 Å². The second-order valence-corrected chi connectivity index (χ2v) is 7.46. The van der Waals surface area contributed by atoms with Crippen LogP contribution in [0.1, 0.15) is 74.1 Å². The molecule has 0 rings (SSSR count). The van der Waals surface area contributed by atoms with E-state index in [1.807, 2.05) is 0 Å².